The third-order valence-electron chi connectivity index (χ3n) is 5.33. The van der Waals surface area contributed by atoms with E-state index in [1.807, 2.05) is 91.9 Å². The number of aryl methyl sites for hydroxylation is 1. The van der Waals surface area contributed by atoms with Gasteiger partial charge in [0.25, 0.3) is 5.91 Å². The summed E-state index contributed by atoms with van der Waals surface area (Å²) in [5.41, 5.74) is 1.72. The minimum atomic E-state index is -1.12. The molecule has 0 radical (unpaired) electrons. The molecule has 0 spiro atoms. The predicted molar refractivity (Wildman–Crippen MR) is 115 cm³/mol. The van der Waals surface area contributed by atoms with Crippen LogP contribution in [0.25, 0.3) is 0 Å². The van der Waals surface area contributed by atoms with Crippen molar-refractivity contribution in [1.82, 2.24) is 10.2 Å². The molecule has 0 unspecified atom stereocenters. The molecule has 5 nitrogen and oxygen atoms in total. The van der Waals surface area contributed by atoms with E-state index in [1.165, 1.54) is 4.90 Å². The van der Waals surface area contributed by atoms with Gasteiger partial charge in [-0.05, 0) is 35.7 Å². The Bertz CT molecular complexity index is 1040. The zero-order valence-electron chi connectivity index (χ0n) is 16.9. The summed E-state index contributed by atoms with van der Waals surface area (Å²) in [4.78, 5) is 27.6. The Morgan fingerprint density at radius 3 is 2.30 bits per heavy atom. The van der Waals surface area contributed by atoms with Crippen LogP contribution in [0.5, 0.6) is 5.75 Å². The van der Waals surface area contributed by atoms with Crippen molar-refractivity contribution in [1.29, 1.82) is 0 Å². The highest BCUT2D eigenvalue weighted by atomic mass is 16.5. The molecule has 3 amide bonds. The van der Waals surface area contributed by atoms with Gasteiger partial charge >= 0.3 is 6.03 Å². The Morgan fingerprint density at radius 1 is 0.900 bits per heavy atom. The molecule has 1 atom stereocenters. The monoisotopic (exact) mass is 400 g/mol. The van der Waals surface area contributed by atoms with E-state index >= 15 is 0 Å². The third-order valence-corrected chi connectivity index (χ3v) is 5.33. The van der Waals surface area contributed by atoms with Crippen LogP contribution in [-0.4, -0.2) is 30.0 Å². The van der Waals surface area contributed by atoms with Crippen molar-refractivity contribution >= 4 is 11.9 Å². The van der Waals surface area contributed by atoms with Crippen LogP contribution in [0, 0.1) is 6.92 Å². The number of hydrogen-bond donors (Lipinski definition) is 1. The lowest BCUT2D eigenvalue weighted by molar-refractivity contribution is -0.131. The average Bonchev–Trinajstić information content (AvgIpc) is 3.00. The van der Waals surface area contributed by atoms with E-state index in [2.05, 4.69) is 5.32 Å². The van der Waals surface area contributed by atoms with E-state index in [0.717, 1.165) is 22.4 Å². The minimum Gasteiger partial charge on any atom is -0.492 e. The van der Waals surface area contributed by atoms with Gasteiger partial charge in [0.05, 0.1) is 6.54 Å². The third kappa shape index (κ3) is 3.92. The Labute approximate surface area is 176 Å². The van der Waals surface area contributed by atoms with Gasteiger partial charge in [-0.3, -0.25) is 9.69 Å². The first kappa shape index (κ1) is 19.7. The molecular weight excluding hydrogens is 376 g/mol. The molecule has 0 saturated carbocycles. The maximum Gasteiger partial charge on any atom is 0.325 e. The fourth-order valence-electron chi connectivity index (χ4n) is 3.83. The van der Waals surface area contributed by atoms with Gasteiger partial charge in [0, 0.05) is 6.42 Å². The Balaban J connectivity index is 1.56. The number of hydrogen-bond acceptors (Lipinski definition) is 3. The van der Waals surface area contributed by atoms with Crippen molar-refractivity contribution in [3.63, 3.8) is 0 Å². The summed E-state index contributed by atoms with van der Waals surface area (Å²) in [5, 5.41) is 2.97. The molecule has 5 heteroatoms. The first-order valence-electron chi connectivity index (χ1n) is 10.0. The fraction of sp³-hybridized carbons (Fsp3) is 0.200. The summed E-state index contributed by atoms with van der Waals surface area (Å²) in [7, 11) is 0. The SMILES string of the molecule is Cc1cccc(OCCN2C(=O)N[C@@](Cc3ccccc3)(c3ccccc3)C2=O)c1. The maximum atomic E-state index is 13.5. The Morgan fingerprint density at radius 2 is 1.60 bits per heavy atom. The first-order chi connectivity index (χ1) is 14.6. The summed E-state index contributed by atoms with van der Waals surface area (Å²) in [6.45, 7) is 2.41. The minimum absolute atomic E-state index is 0.183. The first-order valence-corrected chi connectivity index (χ1v) is 10.0. The van der Waals surface area contributed by atoms with Gasteiger partial charge in [0.15, 0.2) is 5.54 Å². The number of amides is 3. The molecule has 0 aromatic heterocycles. The van der Waals surface area contributed by atoms with Crippen molar-refractivity contribution in [2.75, 3.05) is 13.2 Å². The number of nitrogens with one attached hydrogen (secondary N) is 1. The second kappa shape index (κ2) is 8.41. The van der Waals surface area contributed by atoms with E-state index in [0.29, 0.717) is 6.42 Å². The lowest BCUT2D eigenvalue weighted by atomic mass is 9.83. The van der Waals surface area contributed by atoms with Gasteiger partial charge in [-0.1, -0.05) is 72.8 Å². The average molecular weight is 400 g/mol. The number of ether oxygens (including phenoxy) is 1. The summed E-state index contributed by atoms with van der Waals surface area (Å²) in [5.74, 6) is 0.469. The summed E-state index contributed by atoms with van der Waals surface area (Å²) in [6, 6.07) is 26.5. The number of benzene rings is 3. The Kier molecular flexibility index (Phi) is 5.53. The summed E-state index contributed by atoms with van der Waals surface area (Å²) in [6.07, 6.45) is 0.387. The van der Waals surface area contributed by atoms with Crippen LogP contribution in [-0.2, 0) is 16.8 Å². The quantitative estimate of drug-likeness (QED) is 0.609. The number of rotatable bonds is 7. The van der Waals surface area contributed by atoms with Gasteiger partial charge in [-0.15, -0.1) is 0 Å². The van der Waals surface area contributed by atoms with Crippen molar-refractivity contribution in [2.45, 2.75) is 18.9 Å². The molecule has 152 valence electrons. The van der Waals surface area contributed by atoms with E-state index in [4.69, 9.17) is 4.74 Å². The van der Waals surface area contributed by atoms with Gasteiger partial charge in [-0.2, -0.15) is 0 Å². The molecule has 1 aliphatic rings. The maximum absolute atomic E-state index is 13.5. The molecule has 1 aliphatic heterocycles. The molecule has 0 bridgehead atoms. The van der Waals surface area contributed by atoms with Crippen LogP contribution >= 0.6 is 0 Å². The molecule has 1 N–H and O–H groups in total. The van der Waals surface area contributed by atoms with Crippen LogP contribution in [0.4, 0.5) is 4.79 Å². The predicted octanol–water partition coefficient (Wildman–Crippen LogP) is 4.06. The lowest BCUT2D eigenvalue weighted by Crippen LogP contribution is -2.46. The topological polar surface area (TPSA) is 58.6 Å². The van der Waals surface area contributed by atoms with Crippen molar-refractivity contribution in [3.05, 3.63) is 102 Å². The molecule has 3 aromatic carbocycles. The van der Waals surface area contributed by atoms with Gasteiger partial charge in [-0.25, -0.2) is 4.79 Å². The van der Waals surface area contributed by atoms with Crippen molar-refractivity contribution in [2.24, 2.45) is 0 Å². The molecule has 30 heavy (non-hydrogen) atoms. The van der Waals surface area contributed by atoms with Crippen molar-refractivity contribution < 1.29 is 14.3 Å². The molecule has 0 aliphatic carbocycles. The Hall–Kier alpha value is -3.60. The van der Waals surface area contributed by atoms with Gasteiger partial charge < -0.3 is 10.1 Å². The van der Waals surface area contributed by atoms with Crippen LogP contribution in [0.1, 0.15) is 16.7 Å². The lowest BCUT2D eigenvalue weighted by Gasteiger charge is -2.27. The number of nitrogens with zero attached hydrogens (tertiary/aromatic N) is 1. The van der Waals surface area contributed by atoms with Crippen LogP contribution in [0.3, 0.4) is 0 Å². The molecule has 1 fully saturated rings. The smallest absolute Gasteiger partial charge is 0.325 e. The highest BCUT2D eigenvalue weighted by Crippen LogP contribution is 2.33. The second-order valence-corrected chi connectivity index (χ2v) is 7.49. The zero-order valence-corrected chi connectivity index (χ0v) is 16.9. The number of imide groups is 1. The van der Waals surface area contributed by atoms with Gasteiger partial charge in [0.1, 0.15) is 12.4 Å². The molecule has 4 rings (SSSR count). The molecule has 1 heterocycles. The number of urea groups is 1. The zero-order chi connectivity index (χ0) is 21.0. The largest absolute Gasteiger partial charge is 0.492 e. The van der Waals surface area contributed by atoms with E-state index in [1.54, 1.807) is 0 Å². The highest BCUT2D eigenvalue weighted by Gasteiger charge is 2.52. The number of carbonyl (C=O) groups is 2. The summed E-state index contributed by atoms with van der Waals surface area (Å²) < 4.78 is 5.76. The highest BCUT2D eigenvalue weighted by molar-refractivity contribution is 6.07. The molecule has 3 aromatic rings. The van der Waals surface area contributed by atoms with E-state index in [-0.39, 0.29) is 19.1 Å². The van der Waals surface area contributed by atoms with Crippen molar-refractivity contribution in [3.8, 4) is 5.75 Å². The van der Waals surface area contributed by atoms with E-state index < -0.39 is 11.6 Å². The van der Waals surface area contributed by atoms with E-state index in [9.17, 15) is 9.59 Å². The fourth-order valence-corrected chi connectivity index (χ4v) is 3.83. The van der Waals surface area contributed by atoms with Crippen LogP contribution < -0.4 is 10.1 Å². The summed E-state index contributed by atoms with van der Waals surface area (Å²) >= 11 is 0. The van der Waals surface area contributed by atoms with Gasteiger partial charge in [0.2, 0.25) is 0 Å². The molecular formula is C25H24N2O3. The standard InChI is InChI=1S/C25H24N2O3/c1-19-9-8-14-22(17-19)30-16-15-27-23(28)25(26-24(27)29,21-12-6-3-7-13-21)18-20-10-4-2-5-11-20/h2-14,17H,15-16,18H2,1H3,(H,26,29)/t25-/m0/s1. The van der Waals surface area contributed by atoms with Crippen LogP contribution in [0.15, 0.2) is 84.9 Å². The second-order valence-electron chi connectivity index (χ2n) is 7.49. The molecule has 1 saturated heterocycles. The van der Waals surface area contributed by atoms with Crippen LogP contribution in [0.2, 0.25) is 0 Å². The number of carbonyl (C=O) groups excluding carboxylic acids is 2. The normalized spacial score (nSPS) is 18.4.